The Labute approximate surface area is 99.1 Å². The molecule has 0 saturated heterocycles. The van der Waals surface area contributed by atoms with Gasteiger partial charge in [0.15, 0.2) is 17.3 Å². The van der Waals surface area contributed by atoms with Crippen LogP contribution in [0.4, 0.5) is 4.39 Å². The molecule has 0 amide bonds. The maximum absolute atomic E-state index is 13.2. The number of benzene rings is 1. The van der Waals surface area contributed by atoms with Crippen LogP contribution in [0.25, 0.3) is 0 Å². The van der Waals surface area contributed by atoms with Crippen LogP contribution in [0, 0.1) is 5.82 Å². The maximum atomic E-state index is 13.2. The van der Waals surface area contributed by atoms with Crippen molar-refractivity contribution in [2.75, 3.05) is 0 Å². The summed E-state index contributed by atoms with van der Waals surface area (Å²) in [6.07, 6.45) is 0. The number of fused-ring (bicyclic) bond motifs is 1. The van der Waals surface area contributed by atoms with Gasteiger partial charge in [-0.15, -0.1) is 0 Å². The number of hydrogen-bond acceptors (Lipinski definition) is 4. The summed E-state index contributed by atoms with van der Waals surface area (Å²) in [5.74, 6) is -3.55. The average Bonchev–Trinajstić information content (AvgIpc) is 2.12. The van der Waals surface area contributed by atoms with Crippen molar-refractivity contribution in [3.05, 3.63) is 21.9 Å². The number of halogens is 2. The van der Waals surface area contributed by atoms with Gasteiger partial charge in [0, 0.05) is 13.8 Å². The minimum absolute atomic E-state index is 0.0835. The standard InChI is InChI=1S/C10H8BrFO4/c1-10(2)15-8-4(11)3-5(12)7(13)6(8)9(14)16-10/h3,13H,1-2H3. The SMILES string of the molecule is CC1(C)OC(=O)c2c(O)c(F)cc(Br)c2O1. The Morgan fingerprint density at radius 3 is 2.69 bits per heavy atom. The number of carbonyl (C=O) groups is 1. The zero-order chi connectivity index (χ0) is 12.1. The minimum atomic E-state index is -1.14. The minimum Gasteiger partial charge on any atom is -0.504 e. The first-order chi connectivity index (χ1) is 7.32. The smallest absolute Gasteiger partial charge is 0.349 e. The van der Waals surface area contributed by atoms with Crippen molar-refractivity contribution in [2.45, 2.75) is 19.6 Å². The molecule has 16 heavy (non-hydrogen) atoms. The van der Waals surface area contributed by atoms with Crippen LogP contribution in [0.15, 0.2) is 10.5 Å². The van der Waals surface area contributed by atoms with Gasteiger partial charge in [-0.3, -0.25) is 0 Å². The van der Waals surface area contributed by atoms with Crippen LogP contribution < -0.4 is 4.74 Å². The topological polar surface area (TPSA) is 55.8 Å². The number of phenols is 1. The Balaban J connectivity index is 2.69. The normalized spacial score (nSPS) is 17.4. The highest BCUT2D eigenvalue weighted by Crippen LogP contribution is 2.42. The van der Waals surface area contributed by atoms with Crippen molar-refractivity contribution in [1.82, 2.24) is 0 Å². The van der Waals surface area contributed by atoms with Gasteiger partial charge in [-0.05, 0) is 22.0 Å². The zero-order valence-electron chi connectivity index (χ0n) is 8.51. The van der Waals surface area contributed by atoms with E-state index >= 15 is 0 Å². The predicted octanol–water partition coefficient (Wildman–Crippen LogP) is 2.58. The van der Waals surface area contributed by atoms with E-state index in [2.05, 4.69) is 15.9 Å². The van der Waals surface area contributed by atoms with Gasteiger partial charge < -0.3 is 14.6 Å². The molecule has 4 nitrogen and oxygen atoms in total. The van der Waals surface area contributed by atoms with Crippen LogP contribution in [-0.2, 0) is 4.74 Å². The lowest BCUT2D eigenvalue weighted by Crippen LogP contribution is -2.39. The molecule has 86 valence electrons. The number of carbonyl (C=O) groups excluding carboxylic acids is 1. The molecule has 0 aromatic heterocycles. The predicted molar refractivity (Wildman–Crippen MR) is 55.9 cm³/mol. The third-order valence-corrected chi connectivity index (χ3v) is 2.64. The van der Waals surface area contributed by atoms with Crippen LogP contribution >= 0.6 is 15.9 Å². The lowest BCUT2D eigenvalue weighted by atomic mass is 10.1. The quantitative estimate of drug-likeness (QED) is 0.746. The number of phenolic OH excluding ortho intramolecular Hbond substituents is 1. The molecular formula is C10H8BrFO4. The first-order valence-corrected chi connectivity index (χ1v) is 5.24. The van der Waals surface area contributed by atoms with Crippen molar-refractivity contribution in [3.63, 3.8) is 0 Å². The molecule has 0 fully saturated rings. The molecule has 0 bridgehead atoms. The van der Waals surface area contributed by atoms with Gasteiger partial charge >= 0.3 is 5.97 Å². The van der Waals surface area contributed by atoms with Crippen molar-refractivity contribution in [2.24, 2.45) is 0 Å². The Morgan fingerprint density at radius 1 is 1.44 bits per heavy atom. The molecule has 1 N–H and O–H groups in total. The van der Waals surface area contributed by atoms with Crippen LogP contribution in [-0.4, -0.2) is 16.9 Å². The molecule has 0 saturated carbocycles. The van der Waals surface area contributed by atoms with Crippen molar-refractivity contribution >= 4 is 21.9 Å². The van der Waals surface area contributed by atoms with Gasteiger partial charge in [-0.2, -0.15) is 0 Å². The van der Waals surface area contributed by atoms with E-state index in [1.807, 2.05) is 0 Å². The fourth-order valence-corrected chi connectivity index (χ4v) is 1.90. The largest absolute Gasteiger partial charge is 0.504 e. The van der Waals surface area contributed by atoms with Gasteiger partial charge in [0.25, 0.3) is 0 Å². The van der Waals surface area contributed by atoms with E-state index in [1.54, 1.807) is 13.8 Å². The molecular weight excluding hydrogens is 283 g/mol. The van der Waals surface area contributed by atoms with Gasteiger partial charge in [-0.1, -0.05) is 0 Å². The Morgan fingerprint density at radius 2 is 2.06 bits per heavy atom. The van der Waals surface area contributed by atoms with Gasteiger partial charge in [-0.25, -0.2) is 9.18 Å². The second kappa shape index (κ2) is 3.35. The van der Waals surface area contributed by atoms with E-state index in [-0.39, 0.29) is 15.8 Å². The summed E-state index contributed by atoms with van der Waals surface area (Å²) >= 11 is 3.06. The lowest BCUT2D eigenvalue weighted by Gasteiger charge is -2.32. The summed E-state index contributed by atoms with van der Waals surface area (Å²) < 4.78 is 23.7. The molecule has 0 unspecified atom stereocenters. The summed E-state index contributed by atoms with van der Waals surface area (Å²) in [5.41, 5.74) is -0.300. The van der Waals surface area contributed by atoms with Crippen molar-refractivity contribution < 1.29 is 23.8 Å². The number of cyclic esters (lactones) is 1. The van der Waals surface area contributed by atoms with Crippen molar-refractivity contribution in [3.8, 4) is 11.5 Å². The molecule has 0 atom stereocenters. The summed E-state index contributed by atoms with van der Waals surface area (Å²) in [6.45, 7) is 3.08. The van der Waals surface area contributed by atoms with E-state index in [1.165, 1.54) is 0 Å². The van der Waals surface area contributed by atoms with E-state index in [0.29, 0.717) is 0 Å². The van der Waals surface area contributed by atoms with Crippen LogP contribution in [0.5, 0.6) is 11.5 Å². The molecule has 0 aliphatic carbocycles. The second-order valence-electron chi connectivity index (χ2n) is 3.78. The Hall–Kier alpha value is -1.30. The Kier molecular flexibility index (Phi) is 2.34. The molecule has 0 radical (unpaired) electrons. The second-order valence-corrected chi connectivity index (χ2v) is 4.64. The van der Waals surface area contributed by atoms with E-state index in [0.717, 1.165) is 6.07 Å². The molecule has 1 aliphatic rings. The summed E-state index contributed by atoms with van der Waals surface area (Å²) in [5, 5.41) is 9.43. The number of rotatable bonds is 0. The molecule has 1 aromatic carbocycles. The number of ether oxygens (including phenoxy) is 2. The monoisotopic (exact) mass is 290 g/mol. The first-order valence-electron chi connectivity index (χ1n) is 4.45. The highest BCUT2D eigenvalue weighted by atomic mass is 79.9. The van der Waals surface area contributed by atoms with E-state index in [4.69, 9.17) is 9.47 Å². The highest BCUT2D eigenvalue weighted by molar-refractivity contribution is 9.10. The molecule has 0 spiro atoms. The fourth-order valence-electron chi connectivity index (χ4n) is 1.42. The number of hydrogen-bond donors (Lipinski definition) is 1. The fraction of sp³-hybridized carbons (Fsp3) is 0.300. The van der Waals surface area contributed by atoms with E-state index < -0.39 is 23.3 Å². The van der Waals surface area contributed by atoms with E-state index in [9.17, 15) is 14.3 Å². The molecule has 1 heterocycles. The molecule has 6 heteroatoms. The summed E-state index contributed by atoms with van der Waals surface area (Å²) in [7, 11) is 0. The lowest BCUT2D eigenvalue weighted by molar-refractivity contribution is -0.128. The maximum Gasteiger partial charge on any atom is 0.349 e. The first kappa shape index (κ1) is 11.2. The van der Waals surface area contributed by atoms with Crippen LogP contribution in [0.2, 0.25) is 0 Å². The average molecular weight is 291 g/mol. The Bertz CT molecular complexity index is 484. The number of esters is 1. The number of aromatic hydroxyl groups is 1. The van der Waals surface area contributed by atoms with Gasteiger partial charge in [0.05, 0.1) is 4.47 Å². The third kappa shape index (κ3) is 1.63. The molecule has 2 rings (SSSR count). The zero-order valence-corrected chi connectivity index (χ0v) is 10.1. The highest BCUT2D eigenvalue weighted by Gasteiger charge is 2.38. The third-order valence-electron chi connectivity index (χ3n) is 2.05. The van der Waals surface area contributed by atoms with Crippen LogP contribution in [0.1, 0.15) is 24.2 Å². The van der Waals surface area contributed by atoms with Gasteiger partial charge in [0.1, 0.15) is 5.56 Å². The van der Waals surface area contributed by atoms with Crippen LogP contribution in [0.3, 0.4) is 0 Å². The van der Waals surface area contributed by atoms with Crippen molar-refractivity contribution in [1.29, 1.82) is 0 Å². The molecule has 1 aromatic rings. The summed E-state index contributed by atoms with van der Waals surface area (Å²) in [6, 6.07) is 1.03. The summed E-state index contributed by atoms with van der Waals surface area (Å²) in [4.78, 5) is 11.6. The van der Waals surface area contributed by atoms with Gasteiger partial charge in [0.2, 0.25) is 5.79 Å². The molecule has 1 aliphatic heterocycles.